The second-order valence-electron chi connectivity index (χ2n) is 4.71. The van der Waals surface area contributed by atoms with Gasteiger partial charge in [-0.15, -0.1) is 11.6 Å². The lowest BCUT2D eigenvalue weighted by Crippen LogP contribution is -2.51. The number of carbonyl (C=O) groups is 1. The Labute approximate surface area is 96.5 Å². The average molecular weight is 234 g/mol. The van der Waals surface area contributed by atoms with Crippen molar-refractivity contribution in [3.8, 4) is 0 Å². The second-order valence-corrected chi connectivity index (χ2v) is 5.37. The molecule has 0 aliphatic carbocycles. The topological polar surface area (TPSA) is 38.3 Å². The van der Waals surface area contributed by atoms with Crippen LogP contribution in [0.25, 0.3) is 0 Å². The van der Waals surface area contributed by atoms with E-state index in [0.29, 0.717) is 13.2 Å². The molecule has 0 bridgehead atoms. The molecule has 1 N–H and O–H groups in total. The lowest BCUT2D eigenvalue weighted by molar-refractivity contribution is -0.129. The van der Waals surface area contributed by atoms with Crippen molar-refractivity contribution >= 4 is 17.5 Å². The van der Waals surface area contributed by atoms with Crippen LogP contribution in [0.1, 0.15) is 33.6 Å². The molecule has 0 aromatic heterocycles. The SMILES string of the molecule is CC(Cl)C(C)(C)NC(=O)C1CCOCC1. The number of hydrogen-bond donors (Lipinski definition) is 1. The molecule has 1 rings (SSSR count). The van der Waals surface area contributed by atoms with Gasteiger partial charge in [-0.05, 0) is 33.6 Å². The van der Waals surface area contributed by atoms with Crippen molar-refractivity contribution in [1.29, 1.82) is 0 Å². The molecule has 1 aliphatic rings. The molecule has 88 valence electrons. The van der Waals surface area contributed by atoms with E-state index in [1.54, 1.807) is 0 Å². The van der Waals surface area contributed by atoms with Crippen LogP contribution in [0.5, 0.6) is 0 Å². The number of rotatable bonds is 3. The summed E-state index contributed by atoms with van der Waals surface area (Å²) < 4.78 is 5.22. The first-order valence-electron chi connectivity index (χ1n) is 5.47. The zero-order valence-corrected chi connectivity index (χ0v) is 10.4. The van der Waals surface area contributed by atoms with Crippen LogP contribution >= 0.6 is 11.6 Å². The predicted molar refractivity (Wildman–Crippen MR) is 61.1 cm³/mol. The Balaban J connectivity index is 2.47. The molecule has 0 aromatic carbocycles. The molecule has 1 heterocycles. The Bertz CT molecular complexity index is 223. The van der Waals surface area contributed by atoms with Crippen LogP contribution in [-0.2, 0) is 9.53 Å². The molecule has 4 heteroatoms. The highest BCUT2D eigenvalue weighted by Gasteiger charge is 2.30. The maximum Gasteiger partial charge on any atom is 0.223 e. The van der Waals surface area contributed by atoms with Gasteiger partial charge in [0.25, 0.3) is 0 Å². The molecule has 0 aromatic rings. The van der Waals surface area contributed by atoms with Crippen LogP contribution in [0, 0.1) is 5.92 Å². The second kappa shape index (κ2) is 5.17. The van der Waals surface area contributed by atoms with Crippen LogP contribution in [0.4, 0.5) is 0 Å². The third kappa shape index (κ3) is 3.65. The molecule has 1 amide bonds. The van der Waals surface area contributed by atoms with Gasteiger partial charge in [0.05, 0.1) is 10.9 Å². The van der Waals surface area contributed by atoms with E-state index in [1.807, 2.05) is 20.8 Å². The molecule has 0 radical (unpaired) electrons. The fourth-order valence-electron chi connectivity index (χ4n) is 1.48. The van der Waals surface area contributed by atoms with Crippen LogP contribution < -0.4 is 5.32 Å². The summed E-state index contributed by atoms with van der Waals surface area (Å²) in [4.78, 5) is 11.9. The van der Waals surface area contributed by atoms with Crippen molar-refractivity contribution in [3.63, 3.8) is 0 Å². The van der Waals surface area contributed by atoms with E-state index >= 15 is 0 Å². The van der Waals surface area contributed by atoms with Crippen molar-refractivity contribution in [2.24, 2.45) is 5.92 Å². The fraction of sp³-hybridized carbons (Fsp3) is 0.909. The van der Waals surface area contributed by atoms with Gasteiger partial charge in [0.1, 0.15) is 0 Å². The zero-order valence-electron chi connectivity index (χ0n) is 9.68. The van der Waals surface area contributed by atoms with Crippen LogP contribution in [-0.4, -0.2) is 30.0 Å². The summed E-state index contributed by atoms with van der Waals surface area (Å²) in [5, 5.41) is 2.92. The molecule has 15 heavy (non-hydrogen) atoms. The highest BCUT2D eigenvalue weighted by molar-refractivity contribution is 6.21. The summed E-state index contributed by atoms with van der Waals surface area (Å²) in [7, 11) is 0. The minimum atomic E-state index is -0.350. The predicted octanol–water partition coefficient (Wildman–Crippen LogP) is 1.94. The minimum absolute atomic E-state index is 0.0821. The van der Waals surface area contributed by atoms with Crippen LogP contribution in [0.3, 0.4) is 0 Å². The van der Waals surface area contributed by atoms with Crippen LogP contribution in [0.2, 0.25) is 0 Å². The number of hydrogen-bond acceptors (Lipinski definition) is 2. The number of ether oxygens (including phenoxy) is 1. The van der Waals surface area contributed by atoms with Gasteiger partial charge >= 0.3 is 0 Å². The van der Waals surface area contributed by atoms with Gasteiger partial charge in [0.2, 0.25) is 5.91 Å². The molecule has 1 unspecified atom stereocenters. The Morgan fingerprint density at radius 2 is 2.00 bits per heavy atom. The standard InChI is InChI=1S/C11H20ClNO2/c1-8(12)11(2,3)13-10(14)9-4-6-15-7-5-9/h8-9H,4-7H2,1-3H3,(H,13,14). The highest BCUT2D eigenvalue weighted by Crippen LogP contribution is 2.19. The Hall–Kier alpha value is -0.280. The average Bonchev–Trinajstić information content (AvgIpc) is 2.18. The summed E-state index contributed by atoms with van der Waals surface area (Å²) in [5.74, 6) is 0.198. The summed E-state index contributed by atoms with van der Waals surface area (Å²) >= 11 is 6.01. The number of alkyl halides is 1. The monoisotopic (exact) mass is 233 g/mol. The van der Waals surface area contributed by atoms with Gasteiger partial charge < -0.3 is 10.1 Å². The molecular weight excluding hydrogens is 214 g/mol. The van der Waals surface area contributed by atoms with E-state index in [2.05, 4.69) is 5.32 Å². The quantitative estimate of drug-likeness (QED) is 0.757. The molecule has 1 fully saturated rings. The van der Waals surface area contributed by atoms with Gasteiger partial charge in [-0.2, -0.15) is 0 Å². The molecule has 3 nitrogen and oxygen atoms in total. The van der Waals surface area contributed by atoms with E-state index in [4.69, 9.17) is 16.3 Å². The summed E-state index contributed by atoms with van der Waals surface area (Å²) in [6, 6.07) is 0. The van der Waals surface area contributed by atoms with Crippen molar-refractivity contribution in [2.75, 3.05) is 13.2 Å². The molecule has 1 saturated heterocycles. The molecule has 1 aliphatic heterocycles. The van der Waals surface area contributed by atoms with Crippen molar-refractivity contribution < 1.29 is 9.53 Å². The van der Waals surface area contributed by atoms with Crippen molar-refractivity contribution in [1.82, 2.24) is 5.32 Å². The van der Waals surface area contributed by atoms with Gasteiger partial charge in [0.15, 0.2) is 0 Å². The third-order valence-electron chi connectivity index (χ3n) is 3.03. The maximum atomic E-state index is 11.9. The smallest absolute Gasteiger partial charge is 0.223 e. The lowest BCUT2D eigenvalue weighted by atomic mass is 9.95. The molecule has 1 atom stereocenters. The fourth-order valence-corrected chi connectivity index (χ4v) is 1.53. The number of amides is 1. The third-order valence-corrected chi connectivity index (χ3v) is 3.58. The normalized spacial score (nSPS) is 21.1. The number of carbonyl (C=O) groups excluding carboxylic acids is 1. The Morgan fingerprint density at radius 3 is 2.47 bits per heavy atom. The first-order valence-corrected chi connectivity index (χ1v) is 5.91. The van der Waals surface area contributed by atoms with E-state index in [0.717, 1.165) is 12.8 Å². The van der Waals surface area contributed by atoms with Gasteiger partial charge in [0, 0.05) is 19.1 Å². The van der Waals surface area contributed by atoms with Crippen molar-refractivity contribution in [2.45, 2.75) is 44.5 Å². The van der Waals surface area contributed by atoms with Gasteiger partial charge in [-0.3, -0.25) is 4.79 Å². The summed E-state index contributed by atoms with van der Waals surface area (Å²) in [5.41, 5.74) is -0.350. The largest absolute Gasteiger partial charge is 0.381 e. The Morgan fingerprint density at radius 1 is 1.47 bits per heavy atom. The van der Waals surface area contributed by atoms with E-state index in [1.165, 1.54) is 0 Å². The van der Waals surface area contributed by atoms with Gasteiger partial charge in [-0.1, -0.05) is 0 Å². The highest BCUT2D eigenvalue weighted by atomic mass is 35.5. The van der Waals surface area contributed by atoms with Gasteiger partial charge in [-0.25, -0.2) is 0 Å². The van der Waals surface area contributed by atoms with E-state index in [9.17, 15) is 4.79 Å². The van der Waals surface area contributed by atoms with E-state index in [-0.39, 0.29) is 22.7 Å². The first kappa shape index (κ1) is 12.8. The van der Waals surface area contributed by atoms with Crippen molar-refractivity contribution in [3.05, 3.63) is 0 Å². The number of nitrogens with one attached hydrogen (secondary N) is 1. The summed E-state index contributed by atoms with van der Waals surface area (Å²) in [6.45, 7) is 7.17. The zero-order chi connectivity index (χ0) is 11.5. The molecule has 0 spiro atoms. The summed E-state index contributed by atoms with van der Waals surface area (Å²) in [6.07, 6.45) is 1.64. The first-order chi connectivity index (χ1) is 6.93. The molecule has 0 saturated carbocycles. The minimum Gasteiger partial charge on any atom is -0.381 e. The van der Waals surface area contributed by atoms with Crippen LogP contribution in [0.15, 0.2) is 0 Å². The maximum absolute atomic E-state index is 11.9. The number of halogens is 1. The van der Waals surface area contributed by atoms with E-state index < -0.39 is 0 Å². The molecular formula is C11H20ClNO2. The lowest BCUT2D eigenvalue weighted by Gasteiger charge is -2.32. The Kier molecular flexibility index (Phi) is 4.41.